The normalized spacial score (nSPS) is 10.3. The van der Waals surface area contributed by atoms with E-state index in [-0.39, 0.29) is 11.8 Å². The molecule has 0 atom stereocenters. The Morgan fingerprint density at radius 2 is 1.10 bits per heavy atom. The maximum absolute atomic E-state index is 12.2. The van der Waals surface area contributed by atoms with Crippen LogP contribution in [-0.2, 0) is 22.4 Å². The molecule has 3 aromatic rings. The molecule has 3 rings (SSSR count). The highest BCUT2D eigenvalue weighted by Crippen LogP contribution is 2.16. The van der Waals surface area contributed by atoms with Gasteiger partial charge in [0, 0.05) is 24.2 Å². The number of amides is 2. The summed E-state index contributed by atoms with van der Waals surface area (Å²) in [7, 11) is 0. The minimum atomic E-state index is -0.0415. The van der Waals surface area contributed by atoms with E-state index in [1.165, 1.54) is 5.56 Å². The van der Waals surface area contributed by atoms with Gasteiger partial charge in [-0.25, -0.2) is 0 Å². The lowest BCUT2D eigenvalue weighted by Gasteiger charge is -2.09. The van der Waals surface area contributed by atoms with Crippen LogP contribution in [0.15, 0.2) is 84.9 Å². The molecule has 148 valence electrons. The summed E-state index contributed by atoms with van der Waals surface area (Å²) in [6.07, 6.45) is 3.25. The van der Waals surface area contributed by atoms with Crippen molar-refractivity contribution in [3.8, 4) is 0 Å². The Balaban J connectivity index is 1.43. The summed E-state index contributed by atoms with van der Waals surface area (Å²) in [6, 6.07) is 27.4. The molecule has 0 heterocycles. The number of anilines is 2. The predicted molar refractivity (Wildman–Crippen MR) is 118 cm³/mol. The number of aryl methyl sites for hydroxylation is 2. The molecule has 0 saturated carbocycles. The fraction of sp³-hybridized carbons (Fsp3) is 0.200. The van der Waals surface area contributed by atoms with E-state index in [1.54, 1.807) is 6.07 Å². The zero-order valence-corrected chi connectivity index (χ0v) is 16.4. The number of carbonyl (C=O) groups excluding carboxylic acids is 2. The molecule has 0 radical (unpaired) electrons. The van der Waals surface area contributed by atoms with E-state index in [1.807, 2.05) is 66.7 Å². The van der Waals surface area contributed by atoms with Crippen molar-refractivity contribution in [1.29, 1.82) is 0 Å². The summed E-state index contributed by atoms with van der Waals surface area (Å²) >= 11 is 0. The Kier molecular flexibility index (Phi) is 7.58. The molecule has 0 aromatic heterocycles. The van der Waals surface area contributed by atoms with Crippen molar-refractivity contribution >= 4 is 23.2 Å². The smallest absolute Gasteiger partial charge is 0.224 e. The molecule has 0 unspecified atom stereocenters. The summed E-state index contributed by atoms with van der Waals surface area (Å²) in [5, 5.41) is 5.81. The molecule has 0 spiro atoms. The highest BCUT2D eigenvalue weighted by molar-refractivity contribution is 5.94. The highest BCUT2D eigenvalue weighted by Gasteiger charge is 2.06. The van der Waals surface area contributed by atoms with Crippen LogP contribution in [0, 0.1) is 0 Å². The average Bonchev–Trinajstić information content (AvgIpc) is 2.74. The van der Waals surface area contributed by atoms with Crippen LogP contribution in [0.1, 0.15) is 30.4 Å². The van der Waals surface area contributed by atoms with Gasteiger partial charge in [0.2, 0.25) is 11.8 Å². The number of carbonyl (C=O) groups is 2. The van der Waals surface area contributed by atoms with Gasteiger partial charge in [0.1, 0.15) is 0 Å². The van der Waals surface area contributed by atoms with E-state index in [0.717, 1.165) is 18.4 Å². The second kappa shape index (κ2) is 10.8. The van der Waals surface area contributed by atoms with Gasteiger partial charge in [-0.05, 0) is 48.6 Å². The maximum Gasteiger partial charge on any atom is 0.224 e. The SMILES string of the molecule is O=C(CCCc1ccccc1)Nc1cccc(NC(=O)CCc2ccccc2)c1. The van der Waals surface area contributed by atoms with Gasteiger partial charge in [0.05, 0.1) is 0 Å². The molecule has 0 aliphatic rings. The largest absolute Gasteiger partial charge is 0.326 e. The number of benzene rings is 3. The Morgan fingerprint density at radius 3 is 1.69 bits per heavy atom. The van der Waals surface area contributed by atoms with Crippen LogP contribution in [-0.4, -0.2) is 11.8 Å². The van der Waals surface area contributed by atoms with Crippen molar-refractivity contribution < 1.29 is 9.59 Å². The zero-order valence-electron chi connectivity index (χ0n) is 16.4. The van der Waals surface area contributed by atoms with Gasteiger partial charge in [0.15, 0.2) is 0 Å². The Labute approximate surface area is 172 Å². The van der Waals surface area contributed by atoms with Crippen molar-refractivity contribution in [2.45, 2.75) is 32.1 Å². The van der Waals surface area contributed by atoms with Gasteiger partial charge < -0.3 is 10.6 Å². The second-order valence-corrected chi connectivity index (χ2v) is 7.00. The standard InChI is InChI=1S/C25H26N2O2/c28-24(16-7-13-20-9-3-1-4-10-20)26-22-14-8-15-23(19-22)27-25(29)18-17-21-11-5-2-6-12-21/h1-6,8-12,14-15,19H,7,13,16-18H2,(H,26,28)(H,27,29). The third-order valence-corrected chi connectivity index (χ3v) is 4.63. The highest BCUT2D eigenvalue weighted by atomic mass is 16.2. The van der Waals surface area contributed by atoms with E-state index < -0.39 is 0 Å². The molecule has 3 aromatic carbocycles. The molecular weight excluding hydrogens is 360 g/mol. The summed E-state index contributed by atoms with van der Waals surface area (Å²) in [6.45, 7) is 0. The molecule has 0 aliphatic carbocycles. The number of nitrogens with one attached hydrogen (secondary N) is 2. The van der Waals surface area contributed by atoms with E-state index in [2.05, 4.69) is 22.8 Å². The first-order valence-corrected chi connectivity index (χ1v) is 9.97. The van der Waals surface area contributed by atoms with Gasteiger partial charge in [-0.15, -0.1) is 0 Å². The fourth-order valence-electron chi connectivity index (χ4n) is 3.12. The lowest BCUT2D eigenvalue weighted by atomic mass is 10.1. The zero-order chi connectivity index (χ0) is 20.3. The lowest BCUT2D eigenvalue weighted by molar-refractivity contribution is -0.117. The molecule has 29 heavy (non-hydrogen) atoms. The van der Waals surface area contributed by atoms with Gasteiger partial charge in [-0.3, -0.25) is 9.59 Å². The van der Waals surface area contributed by atoms with Crippen LogP contribution in [0.3, 0.4) is 0 Å². The van der Waals surface area contributed by atoms with Gasteiger partial charge in [-0.2, -0.15) is 0 Å². The Morgan fingerprint density at radius 1 is 0.586 bits per heavy atom. The summed E-state index contributed by atoms with van der Waals surface area (Å²) in [5.74, 6) is -0.0614. The van der Waals surface area contributed by atoms with Crippen LogP contribution in [0.25, 0.3) is 0 Å². The monoisotopic (exact) mass is 386 g/mol. The number of hydrogen-bond donors (Lipinski definition) is 2. The molecule has 4 nitrogen and oxygen atoms in total. The first kappa shape index (κ1) is 20.3. The molecule has 0 aliphatic heterocycles. The average molecular weight is 386 g/mol. The van der Waals surface area contributed by atoms with Crippen LogP contribution in [0.5, 0.6) is 0 Å². The second-order valence-electron chi connectivity index (χ2n) is 7.00. The van der Waals surface area contributed by atoms with Crippen molar-refractivity contribution in [2.75, 3.05) is 10.6 Å². The van der Waals surface area contributed by atoms with Crippen LogP contribution in [0.2, 0.25) is 0 Å². The van der Waals surface area contributed by atoms with E-state index in [9.17, 15) is 9.59 Å². The Bertz CT molecular complexity index is 924. The van der Waals surface area contributed by atoms with Crippen LogP contribution >= 0.6 is 0 Å². The predicted octanol–water partition coefficient (Wildman–Crippen LogP) is 5.22. The molecule has 0 fully saturated rings. The van der Waals surface area contributed by atoms with Crippen molar-refractivity contribution in [3.63, 3.8) is 0 Å². The summed E-state index contributed by atoms with van der Waals surface area (Å²) in [4.78, 5) is 24.4. The summed E-state index contributed by atoms with van der Waals surface area (Å²) in [5.41, 5.74) is 3.75. The molecule has 2 N–H and O–H groups in total. The quantitative estimate of drug-likeness (QED) is 0.530. The third-order valence-electron chi connectivity index (χ3n) is 4.63. The molecular formula is C25H26N2O2. The summed E-state index contributed by atoms with van der Waals surface area (Å²) < 4.78 is 0. The first-order valence-electron chi connectivity index (χ1n) is 9.97. The molecule has 0 saturated heterocycles. The van der Waals surface area contributed by atoms with Gasteiger partial charge in [-0.1, -0.05) is 66.7 Å². The van der Waals surface area contributed by atoms with E-state index in [4.69, 9.17) is 0 Å². The van der Waals surface area contributed by atoms with Crippen molar-refractivity contribution in [2.24, 2.45) is 0 Å². The van der Waals surface area contributed by atoms with E-state index >= 15 is 0 Å². The topological polar surface area (TPSA) is 58.2 Å². The number of rotatable bonds is 9. The van der Waals surface area contributed by atoms with Gasteiger partial charge in [0.25, 0.3) is 0 Å². The minimum Gasteiger partial charge on any atom is -0.326 e. The van der Waals surface area contributed by atoms with Gasteiger partial charge >= 0.3 is 0 Å². The fourth-order valence-corrected chi connectivity index (χ4v) is 3.12. The first-order chi connectivity index (χ1) is 14.2. The molecule has 2 amide bonds. The molecule has 4 heteroatoms. The van der Waals surface area contributed by atoms with Crippen molar-refractivity contribution in [1.82, 2.24) is 0 Å². The number of hydrogen-bond acceptors (Lipinski definition) is 2. The van der Waals surface area contributed by atoms with E-state index in [0.29, 0.717) is 30.6 Å². The maximum atomic E-state index is 12.2. The van der Waals surface area contributed by atoms with Crippen molar-refractivity contribution in [3.05, 3.63) is 96.1 Å². The molecule has 0 bridgehead atoms. The minimum absolute atomic E-state index is 0.0199. The van der Waals surface area contributed by atoms with Crippen LogP contribution in [0.4, 0.5) is 11.4 Å². The third kappa shape index (κ3) is 7.26. The lowest BCUT2D eigenvalue weighted by Crippen LogP contribution is -2.14. The van der Waals surface area contributed by atoms with Crippen LogP contribution < -0.4 is 10.6 Å². The Hall–Kier alpha value is -3.40.